The largest absolute Gasteiger partial charge is 0.492 e. The van der Waals surface area contributed by atoms with Crippen molar-refractivity contribution in [3.05, 3.63) is 94.2 Å². The fourth-order valence-corrected chi connectivity index (χ4v) is 7.55. The van der Waals surface area contributed by atoms with Gasteiger partial charge in [-0.15, -0.1) is 0 Å². The Labute approximate surface area is 266 Å². The minimum Gasteiger partial charge on any atom is -0.492 e. The number of fused-ring (bicyclic) bond motifs is 6. The normalized spacial score (nSPS) is 31.0. The molecular formula is C35H36O11. The van der Waals surface area contributed by atoms with E-state index >= 15 is 0 Å². The average molecular weight is 633 g/mol. The number of hydrogen-bond acceptors (Lipinski definition) is 11. The van der Waals surface area contributed by atoms with Crippen LogP contribution in [0, 0.1) is 0 Å². The van der Waals surface area contributed by atoms with Crippen LogP contribution < -0.4 is 18.9 Å². The third-order valence-corrected chi connectivity index (χ3v) is 9.52. The van der Waals surface area contributed by atoms with Crippen LogP contribution in [0.1, 0.15) is 53.4 Å². The predicted molar refractivity (Wildman–Crippen MR) is 162 cm³/mol. The second-order valence-electron chi connectivity index (χ2n) is 11.6. The molecule has 0 saturated carbocycles. The molecule has 2 N–H and O–H groups in total. The molecule has 0 saturated heterocycles. The molecule has 0 spiro atoms. The molecule has 0 aromatic heterocycles. The van der Waals surface area contributed by atoms with E-state index in [0.717, 1.165) is 11.1 Å². The van der Waals surface area contributed by atoms with Gasteiger partial charge in [-0.3, -0.25) is 4.79 Å². The smallest absolute Gasteiger partial charge is 0.285 e. The maximum atomic E-state index is 14.2. The van der Waals surface area contributed by atoms with Crippen LogP contribution in [0.5, 0.6) is 23.0 Å². The molecule has 11 nitrogen and oxygen atoms in total. The van der Waals surface area contributed by atoms with Crippen molar-refractivity contribution in [2.75, 3.05) is 35.5 Å². The van der Waals surface area contributed by atoms with Crippen LogP contribution >= 0.6 is 0 Å². The van der Waals surface area contributed by atoms with Gasteiger partial charge < -0.3 is 48.1 Å². The summed E-state index contributed by atoms with van der Waals surface area (Å²) in [5, 5.41) is 23.4. The van der Waals surface area contributed by atoms with E-state index in [-0.39, 0.29) is 58.3 Å². The number of methoxy groups -OCH3 is 5. The molecule has 1 aliphatic carbocycles. The van der Waals surface area contributed by atoms with Crippen molar-refractivity contribution in [1.29, 1.82) is 0 Å². The van der Waals surface area contributed by atoms with Gasteiger partial charge in [0.25, 0.3) is 5.79 Å². The molecule has 3 aromatic rings. The van der Waals surface area contributed by atoms with E-state index in [2.05, 4.69) is 0 Å². The molecule has 4 aliphatic rings. The number of aliphatic hydroxyl groups is 2. The summed E-state index contributed by atoms with van der Waals surface area (Å²) in [6.45, 7) is 0. The Bertz CT molecular complexity index is 1690. The van der Waals surface area contributed by atoms with E-state index < -0.39 is 47.7 Å². The van der Waals surface area contributed by atoms with Gasteiger partial charge in [0.2, 0.25) is 17.1 Å². The summed E-state index contributed by atoms with van der Waals surface area (Å²) in [6, 6.07) is 18.9. The van der Waals surface area contributed by atoms with Crippen molar-refractivity contribution < 1.29 is 52.9 Å². The Morgan fingerprint density at radius 2 is 1.33 bits per heavy atom. The third kappa shape index (κ3) is 3.93. The molecule has 3 aliphatic heterocycles. The van der Waals surface area contributed by atoms with Gasteiger partial charge in [0, 0.05) is 34.2 Å². The van der Waals surface area contributed by atoms with E-state index in [4.69, 9.17) is 37.9 Å². The summed E-state index contributed by atoms with van der Waals surface area (Å²) < 4.78 is 50.3. The maximum Gasteiger partial charge on any atom is 0.285 e. The van der Waals surface area contributed by atoms with Crippen LogP contribution in [-0.4, -0.2) is 69.5 Å². The zero-order chi connectivity index (χ0) is 32.4. The van der Waals surface area contributed by atoms with Gasteiger partial charge in [-0.05, 0) is 11.1 Å². The number of carbonyl (C=O) groups is 1. The number of rotatable bonds is 7. The van der Waals surface area contributed by atoms with Crippen molar-refractivity contribution >= 4 is 5.78 Å². The summed E-state index contributed by atoms with van der Waals surface area (Å²) in [5.74, 6) is -1.98. The highest BCUT2D eigenvalue weighted by molar-refractivity contribution is 6.03. The van der Waals surface area contributed by atoms with Gasteiger partial charge in [-0.1, -0.05) is 60.7 Å². The van der Waals surface area contributed by atoms with E-state index in [0.29, 0.717) is 0 Å². The number of ether oxygens (including phenoxy) is 8. The van der Waals surface area contributed by atoms with Crippen LogP contribution in [-0.2, 0) is 29.3 Å². The molecule has 0 unspecified atom stereocenters. The van der Waals surface area contributed by atoms with Gasteiger partial charge in [0.1, 0.15) is 18.0 Å². The van der Waals surface area contributed by atoms with E-state index in [9.17, 15) is 15.0 Å². The molecule has 11 heteroatoms. The van der Waals surface area contributed by atoms with Crippen LogP contribution in [0.2, 0.25) is 0 Å². The fraction of sp³-hybridized carbons (Fsp3) is 0.400. The van der Waals surface area contributed by atoms with E-state index in [1.165, 1.54) is 35.5 Å². The molecule has 0 radical (unpaired) electrons. The molecule has 7 rings (SSSR count). The highest BCUT2D eigenvalue weighted by atomic mass is 16.8. The molecule has 0 fully saturated rings. The van der Waals surface area contributed by atoms with Gasteiger partial charge in [0.15, 0.2) is 23.4 Å². The lowest BCUT2D eigenvalue weighted by Crippen LogP contribution is -2.69. The monoisotopic (exact) mass is 632 g/mol. The Morgan fingerprint density at radius 1 is 0.739 bits per heavy atom. The first kappa shape index (κ1) is 30.5. The quantitative estimate of drug-likeness (QED) is 0.388. The van der Waals surface area contributed by atoms with Crippen molar-refractivity contribution in [3.63, 3.8) is 0 Å². The molecule has 7 atom stereocenters. The van der Waals surface area contributed by atoms with Crippen molar-refractivity contribution in [2.45, 2.75) is 54.7 Å². The zero-order valence-corrected chi connectivity index (χ0v) is 26.1. The minimum absolute atomic E-state index is 0.00446. The first-order valence-electron chi connectivity index (χ1n) is 15.0. The van der Waals surface area contributed by atoms with Gasteiger partial charge in [-0.2, -0.15) is 0 Å². The van der Waals surface area contributed by atoms with Gasteiger partial charge in [0.05, 0.1) is 43.1 Å². The molecule has 3 heterocycles. The molecular weight excluding hydrogens is 596 g/mol. The minimum atomic E-state index is -2.03. The summed E-state index contributed by atoms with van der Waals surface area (Å²) >= 11 is 0. The highest BCUT2D eigenvalue weighted by Gasteiger charge is 2.77. The zero-order valence-electron chi connectivity index (χ0n) is 26.1. The second-order valence-corrected chi connectivity index (χ2v) is 11.6. The number of aliphatic hydroxyl groups excluding tert-OH is 2. The van der Waals surface area contributed by atoms with E-state index in [1.54, 1.807) is 0 Å². The first-order valence-corrected chi connectivity index (χ1v) is 15.0. The summed E-state index contributed by atoms with van der Waals surface area (Å²) in [5.41, 5.74) is 0.236. The second kappa shape index (κ2) is 11.3. The Morgan fingerprint density at radius 3 is 1.87 bits per heavy atom. The maximum absolute atomic E-state index is 14.2. The summed E-state index contributed by atoms with van der Waals surface area (Å²) in [7, 11) is 7.05. The van der Waals surface area contributed by atoms with Crippen LogP contribution in [0.4, 0.5) is 0 Å². The Kier molecular flexibility index (Phi) is 7.49. The van der Waals surface area contributed by atoms with Gasteiger partial charge in [-0.25, -0.2) is 0 Å². The summed E-state index contributed by atoms with van der Waals surface area (Å²) in [6.07, 6.45) is -4.65. The molecule has 242 valence electrons. The molecule has 46 heavy (non-hydrogen) atoms. The van der Waals surface area contributed by atoms with Crippen LogP contribution in [0.3, 0.4) is 0 Å². The lowest BCUT2D eigenvalue weighted by molar-refractivity contribution is -0.310. The van der Waals surface area contributed by atoms with Crippen molar-refractivity contribution in [1.82, 2.24) is 0 Å². The van der Waals surface area contributed by atoms with Gasteiger partial charge >= 0.3 is 0 Å². The van der Waals surface area contributed by atoms with E-state index in [1.807, 2.05) is 60.7 Å². The highest BCUT2D eigenvalue weighted by Crippen LogP contribution is 2.69. The first-order chi connectivity index (χ1) is 22.3. The number of hydrogen-bond donors (Lipinski definition) is 2. The third-order valence-electron chi connectivity index (χ3n) is 9.52. The number of benzene rings is 3. The molecule has 0 amide bonds. The lowest BCUT2D eigenvalue weighted by Gasteiger charge is -2.51. The topological polar surface area (TPSA) is 131 Å². The standard InChI is InChI=1S/C35H36O11/c1-39-30-26-28(25-21(37)17-22(18-12-8-6-9-13-18)44-29(25)31(30)40-2)46-35(43-5)33(41-3)27(38)24-20(36)16-23(19-14-10-7-11-15-19)45-32(24)34(26,35)42-4/h6-15,20-23,33,36-37H,16-17H2,1-5H3/t20-,21-,22+,23+,33+,34-,35-/m1/s1. The number of Topliss-reactive ketones (excluding diaryl/α,β-unsaturated/α-hetero) is 1. The predicted octanol–water partition coefficient (Wildman–Crippen LogP) is 4.21. The SMILES string of the molecule is COc1c2c(c3c(c1OC)[C@@]1(OC)C4=C(C(=O)[C@H](OC)[C@@]1(OC)O3)[C@H](O)C[C@@H](c1ccccc1)O4)[C@H](O)C[C@@H](c1ccccc1)O2. The van der Waals surface area contributed by atoms with Crippen LogP contribution in [0.15, 0.2) is 72.0 Å². The van der Waals surface area contributed by atoms with Crippen molar-refractivity contribution in [2.24, 2.45) is 0 Å². The Hall–Kier alpha value is -4.13. The number of ketones is 1. The fourth-order valence-electron chi connectivity index (χ4n) is 7.55. The Balaban J connectivity index is 1.52. The molecule has 0 bridgehead atoms. The lowest BCUT2D eigenvalue weighted by atomic mass is 9.70. The number of carbonyl (C=O) groups excluding carboxylic acids is 1. The van der Waals surface area contributed by atoms with Crippen LogP contribution in [0.25, 0.3) is 0 Å². The average Bonchev–Trinajstić information content (AvgIpc) is 3.39. The van der Waals surface area contributed by atoms with Crippen molar-refractivity contribution in [3.8, 4) is 23.0 Å². The summed E-state index contributed by atoms with van der Waals surface area (Å²) in [4.78, 5) is 14.2. The molecule has 3 aromatic carbocycles.